The molecule has 1 fully saturated rings. The van der Waals surface area contributed by atoms with Gasteiger partial charge in [-0.05, 0) is 61.8 Å². The van der Waals surface area contributed by atoms with Gasteiger partial charge in [0, 0.05) is 24.2 Å². The van der Waals surface area contributed by atoms with E-state index in [1.165, 1.54) is 36.7 Å². The molecule has 0 amide bonds. The zero-order chi connectivity index (χ0) is 19.1. The highest BCUT2D eigenvalue weighted by atomic mass is 32.2. The minimum atomic E-state index is -0.267. The first-order chi connectivity index (χ1) is 13.7. The van der Waals surface area contributed by atoms with Gasteiger partial charge in [-0.15, -0.1) is 0 Å². The van der Waals surface area contributed by atoms with Crippen LogP contribution in [0.25, 0.3) is 28.3 Å². The molecule has 0 N–H and O–H groups in total. The molecule has 1 saturated carbocycles. The van der Waals surface area contributed by atoms with Gasteiger partial charge in [-0.3, -0.25) is 9.38 Å². The summed E-state index contributed by atoms with van der Waals surface area (Å²) in [6, 6.07) is 8.31. The highest BCUT2D eigenvalue weighted by molar-refractivity contribution is 7.98. The van der Waals surface area contributed by atoms with Crippen molar-refractivity contribution in [2.45, 2.75) is 24.4 Å². The second kappa shape index (κ2) is 6.98. The fourth-order valence-corrected chi connectivity index (χ4v) is 3.75. The van der Waals surface area contributed by atoms with E-state index in [-0.39, 0.29) is 5.82 Å². The van der Waals surface area contributed by atoms with E-state index in [4.69, 9.17) is 4.98 Å². The molecule has 140 valence electrons. The molecule has 1 aliphatic rings. The molecule has 5 nitrogen and oxygen atoms in total. The van der Waals surface area contributed by atoms with Crippen LogP contribution in [0, 0.1) is 11.7 Å². The topological polar surface area (TPSA) is 56.0 Å². The van der Waals surface area contributed by atoms with Crippen LogP contribution in [0.4, 0.5) is 4.39 Å². The lowest BCUT2D eigenvalue weighted by Gasteiger charge is -2.07. The lowest BCUT2D eigenvalue weighted by Crippen LogP contribution is -1.99. The van der Waals surface area contributed by atoms with Gasteiger partial charge in [0.15, 0.2) is 10.8 Å². The predicted octanol–water partition coefficient (Wildman–Crippen LogP) is 4.67. The fraction of sp³-hybridized carbons (Fsp3) is 0.238. The summed E-state index contributed by atoms with van der Waals surface area (Å²) in [6.07, 6.45) is 10.9. The van der Waals surface area contributed by atoms with Crippen molar-refractivity contribution in [3.8, 4) is 22.6 Å². The van der Waals surface area contributed by atoms with Gasteiger partial charge in [0.25, 0.3) is 0 Å². The Morgan fingerprint density at radius 1 is 1.07 bits per heavy atom. The van der Waals surface area contributed by atoms with E-state index < -0.39 is 0 Å². The predicted molar refractivity (Wildman–Crippen MR) is 108 cm³/mol. The average Bonchev–Trinajstić information content (AvgIpc) is 3.45. The van der Waals surface area contributed by atoms with Gasteiger partial charge in [-0.2, -0.15) is 0 Å². The molecule has 1 aromatic carbocycles. The van der Waals surface area contributed by atoms with Crippen molar-refractivity contribution in [3.05, 3.63) is 60.4 Å². The molecule has 5 rings (SSSR count). The number of aromatic nitrogens is 5. The Kier molecular flexibility index (Phi) is 4.31. The first kappa shape index (κ1) is 17.3. The Morgan fingerprint density at radius 2 is 1.89 bits per heavy atom. The fourth-order valence-electron chi connectivity index (χ4n) is 3.39. The Morgan fingerprint density at radius 3 is 2.64 bits per heavy atom. The van der Waals surface area contributed by atoms with E-state index in [9.17, 15) is 4.39 Å². The van der Waals surface area contributed by atoms with E-state index >= 15 is 0 Å². The minimum absolute atomic E-state index is 0.267. The van der Waals surface area contributed by atoms with Gasteiger partial charge < -0.3 is 0 Å². The number of benzene rings is 1. The summed E-state index contributed by atoms with van der Waals surface area (Å²) in [7, 11) is 0. The molecule has 3 heterocycles. The van der Waals surface area contributed by atoms with Crippen LogP contribution >= 0.6 is 11.8 Å². The molecule has 4 aromatic rings. The molecular weight excluding hydrogens is 373 g/mol. The zero-order valence-electron chi connectivity index (χ0n) is 15.3. The van der Waals surface area contributed by atoms with E-state index in [2.05, 4.69) is 19.4 Å². The third-order valence-corrected chi connectivity index (χ3v) is 5.53. The van der Waals surface area contributed by atoms with Gasteiger partial charge in [-0.25, -0.2) is 19.3 Å². The first-order valence-electron chi connectivity index (χ1n) is 9.22. The van der Waals surface area contributed by atoms with Crippen LogP contribution < -0.4 is 0 Å². The molecule has 0 atom stereocenters. The number of hydrogen-bond acceptors (Lipinski definition) is 5. The van der Waals surface area contributed by atoms with Crippen LogP contribution in [0.3, 0.4) is 0 Å². The van der Waals surface area contributed by atoms with Crippen LogP contribution in [0.1, 0.15) is 18.5 Å². The van der Waals surface area contributed by atoms with Crippen LogP contribution in [0.15, 0.2) is 54.1 Å². The second-order valence-corrected chi connectivity index (χ2v) is 7.73. The van der Waals surface area contributed by atoms with Crippen molar-refractivity contribution < 1.29 is 4.39 Å². The second-order valence-electron chi connectivity index (χ2n) is 6.96. The summed E-state index contributed by atoms with van der Waals surface area (Å²) in [4.78, 5) is 18.5. The van der Waals surface area contributed by atoms with E-state index in [0.29, 0.717) is 11.1 Å². The Bertz CT molecular complexity index is 1150. The molecule has 0 spiro atoms. The number of rotatable bonds is 5. The summed E-state index contributed by atoms with van der Waals surface area (Å²) in [5.41, 5.74) is 5.12. The zero-order valence-corrected chi connectivity index (χ0v) is 16.2. The SMILES string of the molecule is CSc1nccc(-c2c(-c3ccc(F)cc3)nc3c(CC4CC4)nccn23)n1. The molecular formula is C21H18FN5S. The molecule has 0 bridgehead atoms. The number of nitrogens with zero attached hydrogens (tertiary/aromatic N) is 5. The number of thioether (sulfide) groups is 1. The molecule has 0 saturated heterocycles. The van der Waals surface area contributed by atoms with E-state index in [0.717, 1.165) is 40.4 Å². The van der Waals surface area contributed by atoms with Crippen LogP contribution in [-0.2, 0) is 6.42 Å². The lowest BCUT2D eigenvalue weighted by atomic mass is 10.1. The average molecular weight is 391 g/mol. The maximum atomic E-state index is 13.5. The summed E-state index contributed by atoms with van der Waals surface area (Å²) in [5, 5.41) is 0.699. The quantitative estimate of drug-likeness (QED) is 0.366. The third-order valence-electron chi connectivity index (χ3n) is 4.97. The first-order valence-corrected chi connectivity index (χ1v) is 10.4. The number of halogens is 1. The molecule has 7 heteroatoms. The van der Waals surface area contributed by atoms with Gasteiger partial charge in [0.2, 0.25) is 0 Å². The maximum absolute atomic E-state index is 13.5. The maximum Gasteiger partial charge on any atom is 0.187 e. The summed E-state index contributed by atoms with van der Waals surface area (Å²) in [6.45, 7) is 0. The molecule has 0 unspecified atom stereocenters. The molecule has 0 aliphatic heterocycles. The highest BCUT2D eigenvalue weighted by Gasteiger charge is 2.25. The summed E-state index contributed by atoms with van der Waals surface area (Å²) < 4.78 is 15.5. The van der Waals surface area contributed by atoms with Crippen molar-refractivity contribution in [1.82, 2.24) is 24.3 Å². The molecule has 28 heavy (non-hydrogen) atoms. The normalized spacial score (nSPS) is 13.9. The third kappa shape index (κ3) is 3.16. The van der Waals surface area contributed by atoms with Crippen molar-refractivity contribution >= 4 is 17.4 Å². The van der Waals surface area contributed by atoms with Gasteiger partial charge in [0.05, 0.1) is 22.8 Å². The molecule has 1 aliphatic carbocycles. The van der Waals surface area contributed by atoms with Gasteiger partial charge in [-0.1, -0.05) is 11.8 Å². The van der Waals surface area contributed by atoms with Gasteiger partial charge in [0.1, 0.15) is 5.82 Å². The minimum Gasteiger partial charge on any atom is -0.295 e. The highest BCUT2D eigenvalue weighted by Crippen LogP contribution is 2.36. The van der Waals surface area contributed by atoms with Crippen molar-refractivity contribution in [2.24, 2.45) is 5.92 Å². The van der Waals surface area contributed by atoms with E-state index in [1.807, 2.05) is 24.7 Å². The van der Waals surface area contributed by atoms with Gasteiger partial charge >= 0.3 is 0 Å². The number of hydrogen-bond donors (Lipinski definition) is 0. The summed E-state index contributed by atoms with van der Waals surface area (Å²) >= 11 is 1.50. The standard InChI is InChI=1S/C21H18FN5S/c1-28-21-24-9-8-16(25-21)19-18(14-4-6-15(22)7-5-14)26-20-17(12-13-2-3-13)23-10-11-27(19)20/h4-11,13H,2-3,12H2,1H3. The number of fused-ring (bicyclic) bond motifs is 1. The molecule has 3 aromatic heterocycles. The van der Waals surface area contributed by atoms with E-state index in [1.54, 1.807) is 18.3 Å². The Hall–Kier alpha value is -2.80. The van der Waals surface area contributed by atoms with Crippen molar-refractivity contribution in [2.75, 3.05) is 6.26 Å². The van der Waals surface area contributed by atoms with Crippen LogP contribution in [-0.4, -0.2) is 30.6 Å². The number of imidazole rings is 1. The van der Waals surface area contributed by atoms with Crippen molar-refractivity contribution in [1.29, 1.82) is 0 Å². The van der Waals surface area contributed by atoms with Crippen LogP contribution in [0.5, 0.6) is 0 Å². The molecule has 0 radical (unpaired) electrons. The lowest BCUT2D eigenvalue weighted by molar-refractivity contribution is 0.628. The monoisotopic (exact) mass is 391 g/mol. The Labute approximate surface area is 166 Å². The van der Waals surface area contributed by atoms with Crippen molar-refractivity contribution in [3.63, 3.8) is 0 Å². The summed E-state index contributed by atoms with van der Waals surface area (Å²) in [5.74, 6) is 0.437. The Balaban J connectivity index is 1.77. The van der Waals surface area contributed by atoms with Crippen LogP contribution in [0.2, 0.25) is 0 Å². The smallest absolute Gasteiger partial charge is 0.187 e. The largest absolute Gasteiger partial charge is 0.295 e.